The molecule has 1 unspecified atom stereocenters. The van der Waals surface area contributed by atoms with Crippen LogP contribution in [0.1, 0.15) is 34.5 Å². The summed E-state index contributed by atoms with van der Waals surface area (Å²) in [7, 11) is 1.60. The number of nitrogens with zero attached hydrogens (tertiary/aromatic N) is 2. The normalized spacial score (nSPS) is 11.7. The van der Waals surface area contributed by atoms with Gasteiger partial charge in [-0.2, -0.15) is 5.10 Å². The van der Waals surface area contributed by atoms with Crippen LogP contribution < -0.4 is 10.1 Å². The molecular weight excluding hydrogens is 405 g/mol. The van der Waals surface area contributed by atoms with E-state index in [0.717, 1.165) is 16.7 Å². The fraction of sp³-hybridized carbons (Fsp3) is 0.154. The molecule has 0 aliphatic carbocycles. The van der Waals surface area contributed by atoms with E-state index in [9.17, 15) is 9.18 Å². The third kappa shape index (κ3) is 4.86. The molecule has 1 aromatic heterocycles. The summed E-state index contributed by atoms with van der Waals surface area (Å²) < 4.78 is 20.4. The number of amides is 1. The van der Waals surface area contributed by atoms with Crippen LogP contribution in [0.4, 0.5) is 4.39 Å². The first kappa shape index (κ1) is 21.3. The number of nitrogens with one attached hydrogen (secondary N) is 1. The Morgan fingerprint density at radius 3 is 2.53 bits per heavy atom. The first-order chi connectivity index (χ1) is 15.5. The van der Waals surface area contributed by atoms with Gasteiger partial charge in [-0.25, -0.2) is 4.39 Å². The van der Waals surface area contributed by atoms with E-state index in [1.165, 1.54) is 12.1 Å². The predicted molar refractivity (Wildman–Crippen MR) is 122 cm³/mol. The molecule has 5 nitrogen and oxygen atoms in total. The zero-order chi connectivity index (χ0) is 22.5. The van der Waals surface area contributed by atoms with E-state index in [2.05, 4.69) is 5.32 Å². The maximum absolute atomic E-state index is 13.3. The van der Waals surface area contributed by atoms with Gasteiger partial charge in [0.1, 0.15) is 17.3 Å². The third-order valence-electron chi connectivity index (χ3n) is 5.25. The summed E-state index contributed by atoms with van der Waals surface area (Å²) in [4.78, 5) is 13.2. The number of carbonyl (C=O) groups excluding carboxylic acids is 1. The van der Waals surface area contributed by atoms with Gasteiger partial charge in [0, 0.05) is 11.8 Å². The van der Waals surface area contributed by atoms with Crippen LogP contribution in [0.3, 0.4) is 0 Å². The highest BCUT2D eigenvalue weighted by Gasteiger charge is 2.20. The lowest BCUT2D eigenvalue weighted by molar-refractivity contribution is 0.0940. The summed E-state index contributed by atoms with van der Waals surface area (Å²) in [6.07, 6.45) is 1.76. The largest absolute Gasteiger partial charge is 0.497 e. The first-order valence-electron chi connectivity index (χ1n) is 10.4. The van der Waals surface area contributed by atoms with Gasteiger partial charge in [-0.3, -0.25) is 9.48 Å². The number of rotatable bonds is 7. The molecule has 3 aromatic carbocycles. The highest BCUT2D eigenvalue weighted by Crippen LogP contribution is 2.27. The van der Waals surface area contributed by atoms with E-state index in [1.54, 1.807) is 30.1 Å². The van der Waals surface area contributed by atoms with Crippen LogP contribution in [-0.4, -0.2) is 22.8 Å². The van der Waals surface area contributed by atoms with Crippen LogP contribution in [0, 0.1) is 5.82 Å². The number of carbonyl (C=O) groups is 1. The molecule has 32 heavy (non-hydrogen) atoms. The van der Waals surface area contributed by atoms with E-state index in [0.29, 0.717) is 23.6 Å². The molecule has 0 aliphatic heterocycles. The lowest BCUT2D eigenvalue weighted by Crippen LogP contribution is -2.26. The van der Waals surface area contributed by atoms with Crippen molar-refractivity contribution in [3.8, 4) is 17.0 Å². The van der Waals surface area contributed by atoms with E-state index in [-0.39, 0.29) is 17.8 Å². The van der Waals surface area contributed by atoms with Crippen molar-refractivity contribution in [1.29, 1.82) is 0 Å². The molecular formula is C26H24FN3O2. The Balaban J connectivity index is 1.66. The topological polar surface area (TPSA) is 56.2 Å². The maximum Gasteiger partial charge on any atom is 0.255 e. The van der Waals surface area contributed by atoms with Gasteiger partial charge in [0.05, 0.1) is 25.3 Å². The molecule has 0 fully saturated rings. The van der Waals surface area contributed by atoms with Crippen molar-refractivity contribution < 1.29 is 13.9 Å². The quantitative estimate of drug-likeness (QED) is 0.437. The SMILES string of the molecule is COc1cccc(-c2nn(Cc3ccccc3)cc2C(=O)NC(C)c2ccc(F)cc2)c1. The van der Waals surface area contributed by atoms with Gasteiger partial charge in [0.2, 0.25) is 0 Å². The summed E-state index contributed by atoms with van der Waals surface area (Å²) in [5, 5.41) is 7.72. The fourth-order valence-corrected chi connectivity index (χ4v) is 3.53. The molecule has 4 rings (SSSR count). The molecule has 0 radical (unpaired) electrons. The Hall–Kier alpha value is -3.93. The summed E-state index contributed by atoms with van der Waals surface area (Å²) in [6, 6.07) is 23.2. The number of hydrogen-bond acceptors (Lipinski definition) is 3. The number of halogens is 1. The lowest BCUT2D eigenvalue weighted by atomic mass is 10.1. The van der Waals surface area contributed by atoms with Gasteiger partial charge in [-0.05, 0) is 42.3 Å². The van der Waals surface area contributed by atoms with E-state index >= 15 is 0 Å². The van der Waals surface area contributed by atoms with Crippen LogP contribution in [0.2, 0.25) is 0 Å². The van der Waals surface area contributed by atoms with Gasteiger partial charge in [-0.15, -0.1) is 0 Å². The van der Waals surface area contributed by atoms with E-state index in [4.69, 9.17) is 9.84 Å². The molecule has 1 N–H and O–H groups in total. The van der Waals surface area contributed by atoms with Gasteiger partial charge < -0.3 is 10.1 Å². The van der Waals surface area contributed by atoms with Gasteiger partial charge in [0.15, 0.2) is 0 Å². The third-order valence-corrected chi connectivity index (χ3v) is 5.25. The zero-order valence-electron chi connectivity index (χ0n) is 18.0. The Morgan fingerprint density at radius 1 is 1.06 bits per heavy atom. The molecule has 0 spiro atoms. The minimum Gasteiger partial charge on any atom is -0.497 e. The fourth-order valence-electron chi connectivity index (χ4n) is 3.53. The van der Waals surface area contributed by atoms with E-state index < -0.39 is 0 Å². The van der Waals surface area contributed by atoms with Crippen molar-refractivity contribution in [2.45, 2.75) is 19.5 Å². The first-order valence-corrected chi connectivity index (χ1v) is 10.4. The monoisotopic (exact) mass is 429 g/mol. The van der Waals surface area contributed by atoms with Crippen LogP contribution >= 0.6 is 0 Å². The highest BCUT2D eigenvalue weighted by molar-refractivity contribution is 6.00. The standard InChI is InChI=1S/C26H24FN3O2/c1-18(20-11-13-22(27)14-12-20)28-26(31)24-17-30(16-19-7-4-3-5-8-19)29-25(24)21-9-6-10-23(15-21)32-2/h3-15,17-18H,16H2,1-2H3,(H,28,31). The predicted octanol–water partition coefficient (Wildman–Crippen LogP) is 5.24. The molecule has 0 bridgehead atoms. The molecule has 1 amide bonds. The van der Waals surface area contributed by atoms with Crippen LogP contribution in [0.15, 0.2) is 85.1 Å². The highest BCUT2D eigenvalue weighted by atomic mass is 19.1. The summed E-state index contributed by atoms with van der Waals surface area (Å²) in [5.74, 6) is 0.125. The molecule has 6 heteroatoms. The Kier molecular flexibility index (Phi) is 6.31. The lowest BCUT2D eigenvalue weighted by Gasteiger charge is -2.14. The van der Waals surface area contributed by atoms with Crippen molar-refractivity contribution in [2.24, 2.45) is 0 Å². The second-order valence-corrected chi connectivity index (χ2v) is 7.55. The van der Waals surface area contributed by atoms with Crippen molar-refractivity contribution in [1.82, 2.24) is 15.1 Å². The number of benzene rings is 3. The summed E-state index contributed by atoms with van der Waals surface area (Å²) in [5.41, 5.74) is 3.72. The van der Waals surface area contributed by atoms with Crippen molar-refractivity contribution in [3.63, 3.8) is 0 Å². The molecule has 1 heterocycles. The van der Waals surface area contributed by atoms with Crippen LogP contribution in [-0.2, 0) is 6.54 Å². The van der Waals surface area contributed by atoms with Crippen LogP contribution in [0.25, 0.3) is 11.3 Å². The average Bonchev–Trinajstić information content (AvgIpc) is 3.24. The molecule has 4 aromatic rings. The summed E-state index contributed by atoms with van der Waals surface area (Å²) in [6.45, 7) is 2.41. The van der Waals surface area contributed by atoms with Gasteiger partial charge in [0.25, 0.3) is 5.91 Å². The second kappa shape index (κ2) is 9.47. The Bertz CT molecular complexity index is 1200. The maximum atomic E-state index is 13.3. The van der Waals surface area contributed by atoms with Gasteiger partial charge >= 0.3 is 0 Å². The molecule has 0 saturated heterocycles. The smallest absolute Gasteiger partial charge is 0.255 e. The van der Waals surface area contributed by atoms with Crippen molar-refractivity contribution in [3.05, 3.63) is 108 Å². The molecule has 0 aliphatic rings. The molecule has 0 saturated carbocycles. The average molecular weight is 429 g/mol. The second-order valence-electron chi connectivity index (χ2n) is 7.55. The van der Waals surface area contributed by atoms with Crippen LogP contribution in [0.5, 0.6) is 5.75 Å². The number of methoxy groups -OCH3 is 1. The number of aromatic nitrogens is 2. The van der Waals surface area contributed by atoms with Gasteiger partial charge in [-0.1, -0.05) is 54.6 Å². The molecule has 162 valence electrons. The molecule has 1 atom stereocenters. The van der Waals surface area contributed by atoms with E-state index in [1.807, 2.05) is 61.5 Å². The van der Waals surface area contributed by atoms with Crippen molar-refractivity contribution in [2.75, 3.05) is 7.11 Å². The minimum atomic E-state index is -0.310. The Morgan fingerprint density at radius 2 is 1.81 bits per heavy atom. The number of ether oxygens (including phenoxy) is 1. The van der Waals surface area contributed by atoms with Crippen molar-refractivity contribution >= 4 is 5.91 Å². The Labute approximate surface area is 186 Å². The minimum absolute atomic E-state index is 0.251. The zero-order valence-corrected chi connectivity index (χ0v) is 18.0. The summed E-state index contributed by atoms with van der Waals surface area (Å²) >= 11 is 0. The number of hydrogen-bond donors (Lipinski definition) is 1.